The highest BCUT2D eigenvalue weighted by atomic mass is 16.5. The van der Waals surface area contributed by atoms with Gasteiger partial charge >= 0.3 is 0 Å². The van der Waals surface area contributed by atoms with Gasteiger partial charge in [-0.25, -0.2) is 0 Å². The first kappa shape index (κ1) is 14.2. The van der Waals surface area contributed by atoms with Gasteiger partial charge in [-0.3, -0.25) is 0 Å². The molecule has 0 fully saturated rings. The molecule has 19 heavy (non-hydrogen) atoms. The van der Waals surface area contributed by atoms with E-state index in [0.29, 0.717) is 19.4 Å². The van der Waals surface area contributed by atoms with Crippen molar-refractivity contribution in [3.63, 3.8) is 0 Å². The topological polar surface area (TPSA) is 38.7 Å². The number of aliphatic hydroxyl groups is 1. The van der Waals surface area contributed by atoms with Gasteiger partial charge in [0.25, 0.3) is 0 Å². The van der Waals surface area contributed by atoms with Gasteiger partial charge in [0.15, 0.2) is 11.5 Å². The lowest BCUT2D eigenvalue weighted by atomic mass is 9.99. The maximum absolute atomic E-state index is 10.3. The van der Waals surface area contributed by atoms with Gasteiger partial charge in [-0.15, -0.1) is 0 Å². The van der Waals surface area contributed by atoms with Crippen LogP contribution in [0.15, 0.2) is 18.2 Å². The zero-order valence-corrected chi connectivity index (χ0v) is 12.3. The predicted octanol–water partition coefficient (Wildman–Crippen LogP) is 3.33. The van der Waals surface area contributed by atoms with Crippen molar-refractivity contribution in [3.8, 4) is 11.5 Å². The van der Waals surface area contributed by atoms with Gasteiger partial charge in [0, 0.05) is 12.0 Å². The summed E-state index contributed by atoms with van der Waals surface area (Å²) in [6.45, 7) is 8.40. The molecule has 0 atom stereocenters. The second-order valence-electron chi connectivity index (χ2n) is 6.00. The second-order valence-corrected chi connectivity index (χ2v) is 6.00. The van der Waals surface area contributed by atoms with E-state index in [0.717, 1.165) is 17.9 Å². The van der Waals surface area contributed by atoms with Crippen LogP contribution >= 0.6 is 0 Å². The van der Waals surface area contributed by atoms with Crippen LogP contribution in [0.2, 0.25) is 0 Å². The maximum Gasteiger partial charge on any atom is 0.165 e. The summed E-state index contributed by atoms with van der Waals surface area (Å²) in [5.74, 6) is 1.57. The quantitative estimate of drug-likeness (QED) is 0.886. The SMILES string of the molecule is CCC(O)(CC)COc1cccc2c1OC(C)(C)C2. The Kier molecular flexibility index (Phi) is 3.77. The summed E-state index contributed by atoms with van der Waals surface area (Å²) in [5.41, 5.74) is 0.254. The molecule has 2 rings (SSSR count). The van der Waals surface area contributed by atoms with E-state index in [1.54, 1.807) is 0 Å². The van der Waals surface area contributed by atoms with Crippen molar-refractivity contribution in [1.82, 2.24) is 0 Å². The number of benzene rings is 1. The van der Waals surface area contributed by atoms with E-state index in [2.05, 4.69) is 19.9 Å². The third kappa shape index (κ3) is 3.03. The molecule has 0 bridgehead atoms. The molecule has 0 radical (unpaired) electrons. The number of rotatable bonds is 5. The molecule has 106 valence electrons. The summed E-state index contributed by atoms with van der Waals surface area (Å²) >= 11 is 0. The van der Waals surface area contributed by atoms with Crippen LogP contribution in [0, 0.1) is 0 Å². The highest BCUT2D eigenvalue weighted by molar-refractivity contribution is 5.50. The number of hydrogen-bond donors (Lipinski definition) is 1. The van der Waals surface area contributed by atoms with Crippen molar-refractivity contribution in [1.29, 1.82) is 0 Å². The van der Waals surface area contributed by atoms with Gasteiger partial charge in [0.1, 0.15) is 12.2 Å². The Labute approximate surface area is 115 Å². The van der Waals surface area contributed by atoms with Crippen LogP contribution in [0.4, 0.5) is 0 Å². The van der Waals surface area contributed by atoms with Crippen molar-refractivity contribution in [2.75, 3.05) is 6.61 Å². The Hall–Kier alpha value is -1.22. The van der Waals surface area contributed by atoms with Gasteiger partial charge in [-0.2, -0.15) is 0 Å². The van der Waals surface area contributed by atoms with Crippen LogP contribution in [0.25, 0.3) is 0 Å². The highest BCUT2D eigenvalue weighted by Gasteiger charge is 2.33. The second kappa shape index (κ2) is 5.04. The van der Waals surface area contributed by atoms with E-state index in [-0.39, 0.29) is 5.60 Å². The van der Waals surface area contributed by atoms with E-state index >= 15 is 0 Å². The fourth-order valence-electron chi connectivity index (χ4n) is 2.37. The first-order valence-electron chi connectivity index (χ1n) is 7.05. The monoisotopic (exact) mass is 264 g/mol. The molecular formula is C16H24O3. The normalized spacial score (nSPS) is 16.9. The molecule has 0 spiro atoms. The number of para-hydroxylation sites is 1. The number of ether oxygens (including phenoxy) is 2. The largest absolute Gasteiger partial charge is 0.487 e. The molecule has 1 N–H and O–H groups in total. The van der Waals surface area contributed by atoms with Gasteiger partial charge in [-0.05, 0) is 32.8 Å². The average Bonchev–Trinajstić information content (AvgIpc) is 2.70. The van der Waals surface area contributed by atoms with E-state index in [1.165, 1.54) is 5.56 Å². The minimum atomic E-state index is -0.753. The third-order valence-corrected chi connectivity index (χ3v) is 3.87. The third-order valence-electron chi connectivity index (χ3n) is 3.87. The predicted molar refractivity (Wildman–Crippen MR) is 75.9 cm³/mol. The Morgan fingerprint density at radius 2 is 2.00 bits per heavy atom. The minimum absolute atomic E-state index is 0.173. The summed E-state index contributed by atoms with van der Waals surface area (Å²) in [6, 6.07) is 5.96. The molecule has 1 aliphatic heterocycles. The summed E-state index contributed by atoms with van der Waals surface area (Å²) in [6.07, 6.45) is 2.26. The summed E-state index contributed by atoms with van der Waals surface area (Å²) in [7, 11) is 0. The van der Waals surface area contributed by atoms with Crippen LogP contribution in [0.5, 0.6) is 11.5 Å². The van der Waals surface area contributed by atoms with Crippen LogP contribution in [0.1, 0.15) is 46.1 Å². The van der Waals surface area contributed by atoms with Gasteiger partial charge < -0.3 is 14.6 Å². The molecular weight excluding hydrogens is 240 g/mol. The first-order valence-corrected chi connectivity index (χ1v) is 7.05. The molecule has 1 aromatic rings. The first-order chi connectivity index (χ1) is 8.89. The Balaban J connectivity index is 2.14. The molecule has 1 aromatic carbocycles. The van der Waals surface area contributed by atoms with E-state index in [4.69, 9.17) is 9.47 Å². The van der Waals surface area contributed by atoms with Crippen LogP contribution < -0.4 is 9.47 Å². The zero-order chi connectivity index (χ0) is 14.1. The minimum Gasteiger partial charge on any atom is -0.487 e. The lowest BCUT2D eigenvalue weighted by Crippen LogP contribution is -2.34. The van der Waals surface area contributed by atoms with Crippen LogP contribution in [-0.2, 0) is 6.42 Å². The zero-order valence-electron chi connectivity index (χ0n) is 12.3. The molecule has 0 unspecified atom stereocenters. The standard InChI is InChI=1S/C16H24O3/c1-5-16(17,6-2)11-18-13-9-7-8-12-10-15(3,4)19-14(12)13/h7-9,17H,5-6,10-11H2,1-4H3. The molecule has 0 saturated heterocycles. The van der Waals surface area contributed by atoms with Gasteiger partial charge in [0.05, 0.1) is 5.60 Å². The summed E-state index contributed by atoms with van der Waals surface area (Å²) in [5, 5.41) is 10.3. The summed E-state index contributed by atoms with van der Waals surface area (Å²) in [4.78, 5) is 0. The number of fused-ring (bicyclic) bond motifs is 1. The Bertz CT molecular complexity index is 447. The molecule has 1 heterocycles. The lowest BCUT2D eigenvalue weighted by Gasteiger charge is -2.26. The van der Waals surface area contributed by atoms with Gasteiger partial charge in [-0.1, -0.05) is 26.0 Å². The van der Waals surface area contributed by atoms with Gasteiger partial charge in [0.2, 0.25) is 0 Å². The maximum atomic E-state index is 10.3. The number of hydrogen-bond acceptors (Lipinski definition) is 3. The lowest BCUT2D eigenvalue weighted by molar-refractivity contribution is -0.0125. The van der Waals surface area contributed by atoms with Crippen molar-refractivity contribution in [2.45, 2.75) is 58.2 Å². The van der Waals surface area contributed by atoms with E-state index < -0.39 is 5.60 Å². The average molecular weight is 264 g/mol. The molecule has 0 aromatic heterocycles. The Morgan fingerprint density at radius 1 is 1.32 bits per heavy atom. The highest BCUT2D eigenvalue weighted by Crippen LogP contribution is 2.42. The fourth-order valence-corrected chi connectivity index (χ4v) is 2.37. The molecule has 0 amide bonds. The molecule has 0 aliphatic carbocycles. The Morgan fingerprint density at radius 3 is 2.63 bits per heavy atom. The van der Waals surface area contributed by atoms with E-state index in [1.807, 2.05) is 26.0 Å². The summed E-state index contributed by atoms with van der Waals surface area (Å²) < 4.78 is 11.8. The molecule has 3 heteroatoms. The van der Waals surface area contributed by atoms with Crippen LogP contribution in [-0.4, -0.2) is 22.9 Å². The van der Waals surface area contributed by atoms with Crippen LogP contribution in [0.3, 0.4) is 0 Å². The molecule has 1 aliphatic rings. The van der Waals surface area contributed by atoms with Crippen molar-refractivity contribution in [3.05, 3.63) is 23.8 Å². The van der Waals surface area contributed by atoms with E-state index in [9.17, 15) is 5.11 Å². The molecule has 0 saturated carbocycles. The fraction of sp³-hybridized carbons (Fsp3) is 0.625. The van der Waals surface area contributed by atoms with Crippen molar-refractivity contribution >= 4 is 0 Å². The van der Waals surface area contributed by atoms with Crippen molar-refractivity contribution in [2.24, 2.45) is 0 Å². The molecule has 3 nitrogen and oxygen atoms in total. The smallest absolute Gasteiger partial charge is 0.165 e. The van der Waals surface area contributed by atoms with Crippen molar-refractivity contribution < 1.29 is 14.6 Å².